The highest BCUT2D eigenvalue weighted by Crippen LogP contribution is 2.38. The number of nitrogens with zero attached hydrogens (tertiary/aromatic N) is 3. The topological polar surface area (TPSA) is 69.2 Å². The van der Waals surface area contributed by atoms with Crippen LogP contribution >= 0.6 is 11.3 Å². The molecule has 2 aliphatic heterocycles. The Hall–Kier alpha value is -2.08. The first kappa shape index (κ1) is 13.6. The third kappa shape index (κ3) is 2.14. The van der Waals surface area contributed by atoms with Crippen molar-refractivity contribution in [3.63, 3.8) is 0 Å². The van der Waals surface area contributed by atoms with Crippen LogP contribution in [0.1, 0.15) is 16.9 Å². The highest BCUT2D eigenvalue weighted by atomic mass is 32.1. The fourth-order valence-electron chi connectivity index (χ4n) is 3.55. The van der Waals surface area contributed by atoms with Gasteiger partial charge in [-0.05, 0) is 31.0 Å². The molecule has 4 rings (SSSR count). The minimum atomic E-state index is 0.106. The first-order chi connectivity index (χ1) is 10.6. The van der Waals surface area contributed by atoms with Crippen LogP contribution in [0.2, 0.25) is 0 Å². The van der Waals surface area contributed by atoms with Gasteiger partial charge in [0.2, 0.25) is 0 Å². The lowest BCUT2D eigenvalue weighted by atomic mass is 10.2. The summed E-state index contributed by atoms with van der Waals surface area (Å²) in [5, 5.41) is 8.51. The standard InChI is InChI=1S/C16H19N5S/c1-10-3-2-4-11(5-10)20-8-13-6-12(20)9-21(13)16-19-7-14(22-16)15(17)18/h2-5,7,12-13H,6,8-9H2,1H3,(H3,17,18). The van der Waals surface area contributed by atoms with Gasteiger partial charge in [-0.15, -0.1) is 0 Å². The van der Waals surface area contributed by atoms with Gasteiger partial charge in [-0.3, -0.25) is 5.41 Å². The summed E-state index contributed by atoms with van der Waals surface area (Å²) in [4.78, 5) is 10.1. The molecule has 0 spiro atoms. The number of hydrogen-bond acceptors (Lipinski definition) is 5. The number of hydrogen-bond donors (Lipinski definition) is 2. The molecule has 0 radical (unpaired) electrons. The van der Waals surface area contributed by atoms with Crippen LogP contribution in [-0.2, 0) is 0 Å². The van der Waals surface area contributed by atoms with Crippen molar-refractivity contribution in [3.05, 3.63) is 40.9 Å². The van der Waals surface area contributed by atoms with Crippen molar-refractivity contribution in [2.45, 2.75) is 25.4 Å². The maximum atomic E-state index is 7.51. The van der Waals surface area contributed by atoms with Gasteiger partial charge in [0.25, 0.3) is 0 Å². The summed E-state index contributed by atoms with van der Waals surface area (Å²) in [7, 11) is 0. The molecule has 0 aliphatic carbocycles. The molecule has 2 aromatic rings. The predicted octanol–water partition coefficient (Wildman–Crippen LogP) is 2.20. The van der Waals surface area contributed by atoms with E-state index in [9.17, 15) is 0 Å². The van der Waals surface area contributed by atoms with Crippen LogP contribution in [0, 0.1) is 12.3 Å². The number of nitrogen functional groups attached to an aromatic ring is 1. The van der Waals surface area contributed by atoms with Crippen LogP contribution in [0.25, 0.3) is 0 Å². The van der Waals surface area contributed by atoms with Crippen LogP contribution in [0.3, 0.4) is 0 Å². The molecular formula is C16H19N5S. The Kier molecular flexibility index (Phi) is 3.07. The second-order valence-electron chi connectivity index (χ2n) is 6.11. The summed E-state index contributed by atoms with van der Waals surface area (Å²) in [5.74, 6) is 0.106. The lowest BCUT2D eigenvalue weighted by Crippen LogP contribution is -2.46. The molecule has 2 fully saturated rings. The van der Waals surface area contributed by atoms with Crippen molar-refractivity contribution in [2.24, 2.45) is 5.73 Å². The maximum absolute atomic E-state index is 7.51. The SMILES string of the molecule is Cc1cccc(N2CC3CC2CN3c2ncc(C(=N)N)s2)c1. The Bertz CT molecular complexity index is 725. The quantitative estimate of drug-likeness (QED) is 0.673. The highest BCUT2D eigenvalue weighted by molar-refractivity contribution is 7.17. The van der Waals surface area contributed by atoms with E-state index in [-0.39, 0.29) is 5.84 Å². The van der Waals surface area contributed by atoms with Crippen LogP contribution in [0.15, 0.2) is 30.5 Å². The molecule has 3 N–H and O–H groups in total. The summed E-state index contributed by atoms with van der Waals surface area (Å²) in [6.07, 6.45) is 2.90. The number of amidine groups is 1. The zero-order valence-electron chi connectivity index (χ0n) is 12.5. The van der Waals surface area contributed by atoms with Gasteiger partial charge in [-0.2, -0.15) is 0 Å². The zero-order valence-corrected chi connectivity index (χ0v) is 13.3. The number of benzene rings is 1. The molecule has 3 heterocycles. The molecule has 2 saturated heterocycles. The van der Waals surface area contributed by atoms with Crippen molar-refractivity contribution in [2.75, 3.05) is 22.9 Å². The van der Waals surface area contributed by atoms with Gasteiger partial charge >= 0.3 is 0 Å². The fourth-order valence-corrected chi connectivity index (χ4v) is 4.40. The third-order valence-electron chi connectivity index (χ3n) is 4.58. The van der Waals surface area contributed by atoms with Crippen molar-refractivity contribution < 1.29 is 0 Å². The molecule has 1 aromatic heterocycles. The van der Waals surface area contributed by atoms with Crippen molar-refractivity contribution in [1.29, 1.82) is 5.41 Å². The van der Waals surface area contributed by atoms with Gasteiger partial charge < -0.3 is 15.5 Å². The van der Waals surface area contributed by atoms with E-state index in [2.05, 4.69) is 46.0 Å². The number of nitrogens with two attached hydrogens (primary N) is 1. The molecule has 2 atom stereocenters. The van der Waals surface area contributed by atoms with E-state index in [1.165, 1.54) is 29.0 Å². The highest BCUT2D eigenvalue weighted by Gasteiger charge is 2.44. The van der Waals surface area contributed by atoms with Crippen LogP contribution in [0.4, 0.5) is 10.8 Å². The third-order valence-corrected chi connectivity index (χ3v) is 5.65. The van der Waals surface area contributed by atoms with E-state index >= 15 is 0 Å². The fraction of sp³-hybridized carbons (Fsp3) is 0.375. The van der Waals surface area contributed by atoms with Crippen LogP contribution < -0.4 is 15.5 Å². The molecule has 6 heteroatoms. The Labute approximate surface area is 133 Å². The lowest BCUT2D eigenvalue weighted by molar-refractivity contribution is 0.645. The summed E-state index contributed by atoms with van der Waals surface area (Å²) in [6, 6.07) is 9.81. The van der Waals surface area contributed by atoms with E-state index in [0.29, 0.717) is 12.1 Å². The van der Waals surface area contributed by atoms with E-state index in [1.807, 2.05) is 0 Å². The Morgan fingerprint density at radius 3 is 2.73 bits per heavy atom. The summed E-state index contributed by atoms with van der Waals surface area (Å²) < 4.78 is 0. The molecule has 0 saturated carbocycles. The molecule has 2 unspecified atom stereocenters. The van der Waals surface area contributed by atoms with E-state index in [1.54, 1.807) is 6.20 Å². The van der Waals surface area contributed by atoms with E-state index < -0.39 is 0 Å². The average Bonchev–Trinajstić information content (AvgIpc) is 3.21. The molecule has 22 heavy (non-hydrogen) atoms. The van der Waals surface area contributed by atoms with Crippen LogP contribution in [0.5, 0.6) is 0 Å². The monoisotopic (exact) mass is 313 g/mol. The van der Waals surface area contributed by atoms with Gasteiger partial charge in [0.15, 0.2) is 5.13 Å². The van der Waals surface area contributed by atoms with Crippen LogP contribution in [-0.4, -0.2) is 36.0 Å². The Morgan fingerprint density at radius 1 is 1.32 bits per heavy atom. The van der Waals surface area contributed by atoms with Gasteiger partial charge in [-0.25, -0.2) is 4.98 Å². The largest absolute Gasteiger partial charge is 0.383 e. The number of thiazole rings is 1. The molecule has 2 bridgehead atoms. The smallest absolute Gasteiger partial charge is 0.186 e. The minimum Gasteiger partial charge on any atom is -0.383 e. The average molecular weight is 313 g/mol. The zero-order chi connectivity index (χ0) is 15.3. The van der Waals surface area contributed by atoms with Crippen molar-refractivity contribution in [3.8, 4) is 0 Å². The minimum absolute atomic E-state index is 0.106. The molecule has 1 aromatic carbocycles. The summed E-state index contributed by atoms with van der Waals surface area (Å²) in [6.45, 7) is 4.19. The molecule has 0 amide bonds. The number of aryl methyl sites for hydroxylation is 1. The van der Waals surface area contributed by atoms with E-state index in [0.717, 1.165) is 23.1 Å². The first-order valence-electron chi connectivity index (χ1n) is 7.52. The Balaban J connectivity index is 1.53. The molecular weight excluding hydrogens is 294 g/mol. The number of fused-ring (bicyclic) bond motifs is 2. The van der Waals surface area contributed by atoms with Crippen molar-refractivity contribution in [1.82, 2.24) is 4.98 Å². The van der Waals surface area contributed by atoms with E-state index in [4.69, 9.17) is 11.1 Å². The number of anilines is 2. The van der Waals surface area contributed by atoms with Gasteiger partial charge in [0, 0.05) is 24.8 Å². The first-order valence-corrected chi connectivity index (χ1v) is 8.33. The summed E-state index contributed by atoms with van der Waals surface area (Å²) in [5.41, 5.74) is 8.18. The second kappa shape index (κ2) is 4.98. The van der Waals surface area contributed by atoms with Gasteiger partial charge in [0.1, 0.15) is 5.84 Å². The van der Waals surface area contributed by atoms with Gasteiger partial charge in [-0.1, -0.05) is 23.5 Å². The lowest BCUT2D eigenvalue weighted by Gasteiger charge is -2.35. The Morgan fingerprint density at radius 2 is 2.09 bits per heavy atom. The molecule has 5 nitrogen and oxygen atoms in total. The summed E-state index contributed by atoms with van der Waals surface area (Å²) >= 11 is 1.52. The number of nitrogens with one attached hydrogen (secondary N) is 1. The van der Waals surface area contributed by atoms with Gasteiger partial charge in [0.05, 0.1) is 17.1 Å². The normalized spacial score (nSPS) is 23.3. The predicted molar refractivity (Wildman–Crippen MR) is 91.2 cm³/mol. The molecule has 2 aliphatic rings. The number of rotatable bonds is 3. The van der Waals surface area contributed by atoms with Crippen molar-refractivity contribution >= 4 is 28.0 Å². The number of aromatic nitrogens is 1. The number of piperazine rings is 1. The second-order valence-corrected chi connectivity index (χ2v) is 7.12. The maximum Gasteiger partial charge on any atom is 0.186 e. The molecule has 114 valence electrons.